The number of halogens is 2. The summed E-state index contributed by atoms with van der Waals surface area (Å²) in [4.78, 5) is 17.0. The van der Waals surface area contributed by atoms with Crippen molar-refractivity contribution in [3.63, 3.8) is 0 Å². The topological polar surface area (TPSA) is 65.5 Å². The zero-order valence-corrected chi connectivity index (χ0v) is 20.4. The van der Waals surface area contributed by atoms with Crippen LogP contribution in [0.5, 0.6) is 0 Å². The van der Waals surface area contributed by atoms with Gasteiger partial charge < -0.3 is 16.0 Å². The van der Waals surface area contributed by atoms with Crippen LogP contribution in [0.1, 0.15) is 49.2 Å². The van der Waals surface area contributed by atoms with E-state index in [1.54, 1.807) is 18.2 Å². The number of hydrogen-bond acceptors (Lipinski definition) is 2. The zero-order chi connectivity index (χ0) is 21.3. The maximum atomic E-state index is 13.0. The Morgan fingerprint density at radius 3 is 2.37 bits per heavy atom. The molecule has 1 amide bonds. The summed E-state index contributed by atoms with van der Waals surface area (Å²) in [7, 11) is 0. The highest BCUT2D eigenvalue weighted by Crippen LogP contribution is 2.09. The van der Waals surface area contributed by atoms with Crippen LogP contribution in [0.15, 0.2) is 53.5 Å². The summed E-state index contributed by atoms with van der Waals surface area (Å²) in [5, 5.41) is 9.48. The van der Waals surface area contributed by atoms with Gasteiger partial charge in [-0.3, -0.25) is 4.79 Å². The summed E-state index contributed by atoms with van der Waals surface area (Å²) in [6.45, 7) is 9.77. The summed E-state index contributed by atoms with van der Waals surface area (Å²) in [6, 6.07) is 14.0. The van der Waals surface area contributed by atoms with Crippen LogP contribution in [-0.2, 0) is 13.0 Å². The van der Waals surface area contributed by atoms with E-state index in [1.165, 1.54) is 12.1 Å². The average Bonchev–Trinajstić information content (AvgIpc) is 2.66. The number of guanidine groups is 1. The molecule has 2 aromatic rings. The number of carbonyl (C=O) groups excluding carboxylic acids is 1. The van der Waals surface area contributed by atoms with Gasteiger partial charge in [-0.05, 0) is 69.5 Å². The van der Waals surface area contributed by atoms with Gasteiger partial charge in [0.05, 0.1) is 6.54 Å². The van der Waals surface area contributed by atoms with Gasteiger partial charge in [-0.15, -0.1) is 24.0 Å². The third kappa shape index (κ3) is 9.56. The number of carbonyl (C=O) groups is 1. The van der Waals surface area contributed by atoms with E-state index in [4.69, 9.17) is 0 Å². The van der Waals surface area contributed by atoms with Crippen molar-refractivity contribution in [2.24, 2.45) is 4.99 Å². The molecule has 164 valence electrons. The quantitative estimate of drug-likeness (QED) is 0.287. The van der Waals surface area contributed by atoms with Gasteiger partial charge in [0.2, 0.25) is 0 Å². The summed E-state index contributed by atoms with van der Waals surface area (Å²) >= 11 is 0. The van der Waals surface area contributed by atoms with E-state index in [2.05, 4.69) is 20.9 Å². The van der Waals surface area contributed by atoms with E-state index in [0.717, 1.165) is 24.1 Å². The summed E-state index contributed by atoms with van der Waals surface area (Å²) in [5.74, 6) is 0.391. The van der Waals surface area contributed by atoms with Crippen molar-refractivity contribution in [1.29, 1.82) is 0 Å². The third-order valence-electron chi connectivity index (χ3n) is 4.06. The molecule has 5 nitrogen and oxygen atoms in total. The van der Waals surface area contributed by atoms with Gasteiger partial charge in [-0.1, -0.05) is 24.3 Å². The van der Waals surface area contributed by atoms with Crippen LogP contribution in [0.3, 0.4) is 0 Å². The van der Waals surface area contributed by atoms with Gasteiger partial charge >= 0.3 is 0 Å². The Kier molecular flexibility index (Phi) is 10.8. The van der Waals surface area contributed by atoms with Crippen LogP contribution < -0.4 is 16.0 Å². The zero-order valence-electron chi connectivity index (χ0n) is 18.1. The average molecular weight is 526 g/mol. The van der Waals surface area contributed by atoms with Crippen molar-refractivity contribution in [3.8, 4) is 0 Å². The van der Waals surface area contributed by atoms with Gasteiger partial charge in [-0.25, -0.2) is 9.38 Å². The van der Waals surface area contributed by atoms with Crippen molar-refractivity contribution >= 4 is 35.8 Å². The first kappa shape index (κ1) is 25.9. The molecule has 7 heteroatoms. The molecule has 0 spiro atoms. The number of amides is 1. The minimum Gasteiger partial charge on any atom is -0.357 e. The van der Waals surface area contributed by atoms with Gasteiger partial charge in [0, 0.05) is 24.2 Å². The van der Waals surface area contributed by atoms with Gasteiger partial charge in [0.25, 0.3) is 5.91 Å². The highest BCUT2D eigenvalue weighted by atomic mass is 127. The number of benzene rings is 2. The highest BCUT2D eigenvalue weighted by Gasteiger charge is 2.15. The van der Waals surface area contributed by atoms with Crippen molar-refractivity contribution < 1.29 is 9.18 Å². The molecule has 0 atom stereocenters. The molecule has 0 bridgehead atoms. The largest absolute Gasteiger partial charge is 0.357 e. The fraction of sp³-hybridized carbons (Fsp3) is 0.391. The molecule has 30 heavy (non-hydrogen) atoms. The number of nitrogens with one attached hydrogen (secondary N) is 3. The lowest BCUT2D eigenvalue weighted by Crippen LogP contribution is -2.40. The molecule has 0 radical (unpaired) electrons. The van der Waals surface area contributed by atoms with Crippen LogP contribution in [0.25, 0.3) is 0 Å². The van der Waals surface area contributed by atoms with Crippen LogP contribution in [-0.4, -0.2) is 30.5 Å². The molecule has 0 aliphatic carbocycles. The first-order valence-electron chi connectivity index (χ1n) is 9.95. The van der Waals surface area contributed by atoms with Crippen molar-refractivity contribution in [3.05, 3.63) is 71.0 Å². The van der Waals surface area contributed by atoms with E-state index in [-0.39, 0.29) is 41.2 Å². The molecule has 0 unspecified atom stereocenters. The lowest BCUT2D eigenvalue weighted by Gasteiger charge is -2.20. The molecule has 0 aliphatic rings. The normalized spacial score (nSPS) is 11.4. The minimum atomic E-state index is -0.280. The first-order valence-corrected chi connectivity index (χ1v) is 9.95. The minimum absolute atomic E-state index is 0. The summed E-state index contributed by atoms with van der Waals surface area (Å²) < 4.78 is 13.0. The molecule has 0 aromatic heterocycles. The number of hydrogen-bond donors (Lipinski definition) is 3. The Labute approximate surface area is 196 Å². The maximum Gasteiger partial charge on any atom is 0.251 e. The van der Waals surface area contributed by atoms with Crippen molar-refractivity contribution in [1.82, 2.24) is 16.0 Å². The number of aliphatic imine (C=N–C) groups is 1. The van der Waals surface area contributed by atoms with Crippen LogP contribution in [0, 0.1) is 5.82 Å². The van der Waals surface area contributed by atoms with E-state index < -0.39 is 0 Å². The van der Waals surface area contributed by atoms with Crippen molar-refractivity contribution in [2.45, 2.75) is 46.2 Å². The van der Waals surface area contributed by atoms with Crippen LogP contribution in [0.2, 0.25) is 0 Å². The van der Waals surface area contributed by atoms with E-state index in [0.29, 0.717) is 24.6 Å². The fourth-order valence-corrected chi connectivity index (χ4v) is 2.71. The Bertz CT molecular complexity index is 832. The van der Waals surface area contributed by atoms with Crippen LogP contribution >= 0.6 is 24.0 Å². The first-order chi connectivity index (χ1) is 13.8. The molecular weight excluding hydrogens is 494 g/mol. The van der Waals surface area contributed by atoms with Crippen LogP contribution in [0.4, 0.5) is 4.39 Å². The predicted octanol–water partition coefficient (Wildman–Crippen LogP) is 4.27. The molecule has 0 heterocycles. The fourth-order valence-electron chi connectivity index (χ4n) is 2.71. The number of rotatable bonds is 7. The summed E-state index contributed by atoms with van der Waals surface area (Å²) in [5.41, 5.74) is 2.37. The Hall–Kier alpha value is -2.16. The Morgan fingerprint density at radius 2 is 1.73 bits per heavy atom. The SMILES string of the molecule is CCNC(=NCc1cccc(C(=O)NC(C)(C)C)c1)NCCc1ccc(F)cc1.I. The molecular formula is C23H32FIN4O. The number of nitrogens with zero attached hydrogens (tertiary/aromatic N) is 1. The molecule has 0 fully saturated rings. The smallest absolute Gasteiger partial charge is 0.251 e. The molecule has 0 saturated heterocycles. The van der Waals surface area contributed by atoms with Gasteiger partial charge in [0.15, 0.2) is 5.96 Å². The predicted molar refractivity (Wildman–Crippen MR) is 132 cm³/mol. The second kappa shape index (κ2) is 12.5. The molecule has 2 aromatic carbocycles. The monoisotopic (exact) mass is 526 g/mol. The third-order valence-corrected chi connectivity index (χ3v) is 4.06. The lowest BCUT2D eigenvalue weighted by atomic mass is 10.1. The molecule has 0 aliphatic heterocycles. The second-order valence-electron chi connectivity index (χ2n) is 7.90. The highest BCUT2D eigenvalue weighted by molar-refractivity contribution is 14.0. The van der Waals surface area contributed by atoms with E-state index in [9.17, 15) is 9.18 Å². The standard InChI is InChI=1S/C23H31FN4O.HI/c1-5-25-22(26-14-13-17-9-11-20(24)12-10-17)27-16-18-7-6-8-19(15-18)21(29)28-23(2,3)4;/h6-12,15H,5,13-14,16H2,1-4H3,(H,28,29)(H2,25,26,27);1H. The van der Waals surface area contributed by atoms with E-state index >= 15 is 0 Å². The molecule has 3 N–H and O–H groups in total. The van der Waals surface area contributed by atoms with Gasteiger partial charge in [0.1, 0.15) is 5.82 Å². The lowest BCUT2D eigenvalue weighted by molar-refractivity contribution is 0.0919. The second-order valence-corrected chi connectivity index (χ2v) is 7.90. The van der Waals surface area contributed by atoms with Gasteiger partial charge in [-0.2, -0.15) is 0 Å². The molecule has 0 saturated carbocycles. The Morgan fingerprint density at radius 1 is 1.03 bits per heavy atom. The van der Waals surface area contributed by atoms with E-state index in [1.807, 2.05) is 45.9 Å². The Balaban J connectivity index is 0.00000450. The maximum absolute atomic E-state index is 13.0. The molecule has 2 rings (SSSR count). The summed E-state index contributed by atoms with van der Waals surface area (Å²) in [6.07, 6.45) is 0.771. The van der Waals surface area contributed by atoms with Crippen molar-refractivity contribution in [2.75, 3.05) is 13.1 Å².